The van der Waals surface area contributed by atoms with Crippen LogP contribution in [0, 0.1) is 0 Å². The molecule has 1 aliphatic heterocycles. The maximum Gasteiger partial charge on any atom is 0.113 e. The monoisotopic (exact) mass is 204 g/mol. The van der Waals surface area contributed by atoms with Gasteiger partial charge in [-0.1, -0.05) is 5.21 Å². The third-order valence-corrected chi connectivity index (χ3v) is 2.08. The molecule has 1 aromatic heterocycles. The number of hydrogen-bond donors (Lipinski definition) is 2. The van der Waals surface area contributed by atoms with E-state index in [0.29, 0.717) is 5.69 Å². The summed E-state index contributed by atoms with van der Waals surface area (Å²) in [5, 5.41) is 20.0. The topological polar surface area (TPSA) is 63.0 Å². The van der Waals surface area contributed by atoms with Crippen molar-refractivity contribution in [3.63, 3.8) is 0 Å². The van der Waals surface area contributed by atoms with Crippen molar-refractivity contribution in [1.82, 2.24) is 20.3 Å². The maximum absolute atomic E-state index is 8.93. The van der Waals surface area contributed by atoms with E-state index in [1.165, 1.54) is 0 Å². The Hall–Kier alpha value is -0.650. The van der Waals surface area contributed by atoms with Gasteiger partial charge < -0.3 is 10.4 Å². The first-order valence-corrected chi connectivity index (χ1v) is 4.14. The highest BCUT2D eigenvalue weighted by Crippen LogP contribution is 2.08. The van der Waals surface area contributed by atoms with Crippen molar-refractivity contribution in [2.75, 3.05) is 6.54 Å². The molecule has 0 aromatic carbocycles. The zero-order valence-electron chi connectivity index (χ0n) is 7.23. The van der Waals surface area contributed by atoms with Crippen LogP contribution in [0.25, 0.3) is 0 Å². The summed E-state index contributed by atoms with van der Waals surface area (Å²) in [6.45, 7) is 2.66. The first kappa shape index (κ1) is 10.4. The van der Waals surface area contributed by atoms with Crippen molar-refractivity contribution < 1.29 is 5.11 Å². The largest absolute Gasteiger partial charge is 0.390 e. The summed E-state index contributed by atoms with van der Waals surface area (Å²) in [6.07, 6.45) is 1.07. The van der Waals surface area contributed by atoms with Crippen LogP contribution in [0.1, 0.15) is 17.8 Å². The fourth-order valence-corrected chi connectivity index (χ4v) is 1.43. The highest BCUT2D eigenvalue weighted by molar-refractivity contribution is 5.85. The normalized spacial score (nSPS) is 15.8. The highest BCUT2D eigenvalue weighted by Gasteiger charge is 2.13. The van der Waals surface area contributed by atoms with E-state index in [1.807, 2.05) is 4.68 Å². The van der Waals surface area contributed by atoms with Gasteiger partial charge in [0.05, 0.1) is 12.3 Å². The Bertz CT molecular complexity index is 275. The van der Waals surface area contributed by atoms with Gasteiger partial charge in [0.15, 0.2) is 0 Å². The van der Waals surface area contributed by atoms with Gasteiger partial charge in [-0.2, -0.15) is 0 Å². The van der Waals surface area contributed by atoms with Crippen molar-refractivity contribution in [3.05, 3.63) is 11.4 Å². The zero-order valence-corrected chi connectivity index (χ0v) is 8.05. The van der Waals surface area contributed by atoms with E-state index in [9.17, 15) is 0 Å². The lowest BCUT2D eigenvalue weighted by atomic mass is 10.3. The minimum atomic E-state index is -0.0169. The summed E-state index contributed by atoms with van der Waals surface area (Å²) in [5.74, 6) is 0. The number of hydrogen-bond acceptors (Lipinski definition) is 4. The molecule has 1 aromatic rings. The predicted octanol–water partition coefficient (Wildman–Crippen LogP) is -0.315. The van der Waals surface area contributed by atoms with Crippen LogP contribution in [-0.2, 0) is 19.7 Å². The molecule has 5 nitrogen and oxygen atoms in total. The number of aromatic nitrogens is 3. The minimum Gasteiger partial charge on any atom is -0.390 e. The molecule has 6 heteroatoms. The van der Waals surface area contributed by atoms with Crippen LogP contribution in [-0.4, -0.2) is 26.6 Å². The third-order valence-electron chi connectivity index (χ3n) is 2.08. The fourth-order valence-electron chi connectivity index (χ4n) is 1.43. The molecule has 1 aliphatic rings. The summed E-state index contributed by atoms with van der Waals surface area (Å²) in [6, 6.07) is 0. The Labute approximate surface area is 82.5 Å². The molecule has 0 atom stereocenters. The third kappa shape index (κ3) is 1.99. The van der Waals surface area contributed by atoms with Crippen LogP contribution in [0.5, 0.6) is 0 Å². The number of rotatable bonds is 1. The summed E-state index contributed by atoms with van der Waals surface area (Å²) in [7, 11) is 0. The highest BCUT2D eigenvalue weighted by atomic mass is 35.5. The molecule has 0 aliphatic carbocycles. The molecule has 74 valence electrons. The van der Waals surface area contributed by atoms with E-state index >= 15 is 0 Å². The number of nitrogens with zero attached hydrogens (tertiary/aromatic N) is 3. The number of nitrogens with one attached hydrogen (secondary N) is 1. The minimum absolute atomic E-state index is 0. The number of fused-ring (bicyclic) bond motifs is 1. The van der Waals surface area contributed by atoms with Crippen molar-refractivity contribution in [3.8, 4) is 0 Å². The van der Waals surface area contributed by atoms with Crippen LogP contribution in [0.3, 0.4) is 0 Å². The molecular weight excluding hydrogens is 192 g/mol. The molecule has 2 N–H and O–H groups in total. The van der Waals surface area contributed by atoms with Crippen LogP contribution >= 0.6 is 12.4 Å². The lowest BCUT2D eigenvalue weighted by molar-refractivity contribution is 0.275. The van der Waals surface area contributed by atoms with E-state index in [0.717, 1.165) is 31.7 Å². The van der Waals surface area contributed by atoms with Gasteiger partial charge in [-0.3, -0.25) is 0 Å². The molecule has 0 amide bonds. The Morgan fingerprint density at radius 3 is 3.15 bits per heavy atom. The van der Waals surface area contributed by atoms with E-state index < -0.39 is 0 Å². The molecule has 2 heterocycles. The number of aliphatic hydroxyl groups excluding tert-OH is 1. The van der Waals surface area contributed by atoms with Gasteiger partial charge in [-0.25, -0.2) is 4.68 Å². The van der Waals surface area contributed by atoms with Crippen molar-refractivity contribution in [2.45, 2.75) is 26.1 Å². The van der Waals surface area contributed by atoms with Crippen LogP contribution in [0.15, 0.2) is 0 Å². The second-order valence-corrected chi connectivity index (χ2v) is 2.89. The van der Waals surface area contributed by atoms with E-state index in [4.69, 9.17) is 5.11 Å². The first-order chi connectivity index (χ1) is 5.92. The molecule has 0 bridgehead atoms. The molecule has 0 fully saturated rings. The Kier molecular flexibility index (Phi) is 3.65. The fraction of sp³-hybridized carbons (Fsp3) is 0.714. The summed E-state index contributed by atoms with van der Waals surface area (Å²) in [5.41, 5.74) is 1.72. The summed E-state index contributed by atoms with van der Waals surface area (Å²) >= 11 is 0. The van der Waals surface area contributed by atoms with Gasteiger partial charge in [0.1, 0.15) is 5.69 Å². The second-order valence-electron chi connectivity index (χ2n) is 2.89. The van der Waals surface area contributed by atoms with Gasteiger partial charge in [-0.05, 0) is 13.0 Å². The van der Waals surface area contributed by atoms with Crippen LogP contribution in [0.2, 0.25) is 0 Å². The van der Waals surface area contributed by atoms with Crippen LogP contribution in [0.4, 0.5) is 0 Å². The lowest BCUT2D eigenvalue weighted by Crippen LogP contribution is -2.13. The molecular formula is C7H13ClN4O. The maximum atomic E-state index is 8.93. The lowest BCUT2D eigenvalue weighted by Gasteiger charge is -1.99. The van der Waals surface area contributed by atoms with Crippen molar-refractivity contribution >= 4 is 12.4 Å². The molecule has 13 heavy (non-hydrogen) atoms. The Morgan fingerprint density at radius 1 is 1.54 bits per heavy atom. The number of halogens is 1. The Morgan fingerprint density at radius 2 is 2.38 bits per heavy atom. The quantitative estimate of drug-likeness (QED) is 0.659. The van der Waals surface area contributed by atoms with Gasteiger partial charge in [0.25, 0.3) is 0 Å². The Balaban J connectivity index is 0.000000845. The van der Waals surface area contributed by atoms with E-state index in [2.05, 4.69) is 15.6 Å². The number of aryl methyl sites for hydroxylation is 1. The van der Waals surface area contributed by atoms with Gasteiger partial charge in [0, 0.05) is 13.1 Å². The second kappa shape index (κ2) is 4.55. The smallest absolute Gasteiger partial charge is 0.113 e. The molecule has 0 spiro atoms. The standard InChI is InChI=1S/C7H12N4O.ClH/c12-5-6-7-4-8-2-1-3-11(7)10-9-6;/h8,12H,1-5H2;1H. The number of aliphatic hydroxyl groups is 1. The van der Waals surface area contributed by atoms with E-state index in [1.54, 1.807) is 0 Å². The predicted molar refractivity (Wildman–Crippen MR) is 49.5 cm³/mol. The summed E-state index contributed by atoms with van der Waals surface area (Å²) in [4.78, 5) is 0. The average Bonchev–Trinajstić information content (AvgIpc) is 2.33. The van der Waals surface area contributed by atoms with Crippen molar-refractivity contribution in [2.24, 2.45) is 0 Å². The molecule has 0 saturated heterocycles. The first-order valence-electron chi connectivity index (χ1n) is 4.14. The van der Waals surface area contributed by atoms with Crippen molar-refractivity contribution in [1.29, 1.82) is 0 Å². The summed E-state index contributed by atoms with van der Waals surface area (Å²) < 4.78 is 1.87. The molecule has 0 unspecified atom stereocenters. The van der Waals surface area contributed by atoms with E-state index in [-0.39, 0.29) is 19.0 Å². The SMILES string of the molecule is Cl.OCc1nnn2c1CNCCC2. The van der Waals surface area contributed by atoms with Gasteiger partial charge in [-0.15, -0.1) is 17.5 Å². The van der Waals surface area contributed by atoms with Gasteiger partial charge >= 0.3 is 0 Å². The molecule has 2 rings (SSSR count). The molecule has 0 saturated carbocycles. The van der Waals surface area contributed by atoms with Crippen LogP contribution < -0.4 is 5.32 Å². The molecule has 0 radical (unpaired) electrons. The van der Waals surface area contributed by atoms with Gasteiger partial charge in [0.2, 0.25) is 0 Å². The zero-order chi connectivity index (χ0) is 8.39. The average molecular weight is 205 g/mol.